The first-order chi connectivity index (χ1) is 6.66. The summed E-state index contributed by atoms with van der Waals surface area (Å²) in [5.41, 5.74) is 0. The monoisotopic (exact) mass is 209 g/mol. The van der Waals surface area contributed by atoms with Crippen molar-refractivity contribution in [3.63, 3.8) is 0 Å². The smallest absolute Gasteiger partial charge is 0.291 e. The van der Waals surface area contributed by atoms with Crippen molar-refractivity contribution in [1.29, 1.82) is 0 Å². The van der Waals surface area contributed by atoms with Gasteiger partial charge in [-0.05, 0) is 19.3 Å². The van der Waals surface area contributed by atoms with Gasteiger partial charge in [0.15, 0.2) is 0 Å². The van der Waals surface area contributed by atoms with Gasteiger partial charge in [0.05, 0.1) is 12.7 Å². The number of hydrogen-bond donors (Lipinski definition) is 2. The summed E-state index contributed by atoms with van der Waals surface area (Å²) in [6.45, 7) is 1.46. The highest BCUT2D eigenvalue weighted by molar-refractivity contribution is 4.59. The van der Waals surface area contributed by atoms with Crippen molar-refractivity contribution in [2.45, 2.75) is 25.4 Å². The molecule has 0 aliphatic carbocycles. The molecule has 1 atom stereocenters. The van der Waals surface area contributed by atoms with Gasteiger partial charge >= 0.3 is 0 Å². The zero-order chi connectivity index (χ0) is 10.8. The molecule has 0 bridgehead atoms. The van der Waals surface area contributed by atoms with Crippen LogP contribution in [0.1, 0.15) is 19.3 Å². The Balaban J connectivity index is 0.000000364. The van der Waals surface area contributed by atoms with Crippen molar-refractivity contribution in [2.75, 3.05) is 20.0 Å². The molecule has 1 unspecified atom stereocenters. The summed E-state index contributed by atoms with van der Waals surface area (Å²) in [5, 5.41) is 22.1. The summed E-state index contributed by atoms with van der Waals surface area (Å²) >= 11 is 0. The Morgan fingerprint density at radius 3 is 2.57 bits per heavy atom. The van der Waals surface area contributed by atoms with E-state index in [2.05, 4.69) is 0 Å². The molecule has 14 heavy (non-hydrogen) atoms. The molecule has 0 aromatic heterocycles. The lowest BCUT2D eigenvalue weighted by molar-refractivity contribution is -0.742. The average Bonchev–Trinajstić information content (AvgIpc) is 2.56. The predicted octanol–water partition coefficient (Wildman–Crippen LogP) is 0.174. The van der Waals surface area contributed by atoms with Crippen LogP contribution in [0.5, 0.6) is 0 Å². The Morgan fingerprint density at radius 1 is 1.50 bits per heavy atom. The van der Waals surface area contributed by atoms with E-state index in [9.17, 15) is 0 Å². The Bertz CT molecular complexity index is 143. The molecule has 7 nitrogen and oxygen atoms in total. The van der Waals surface area contributed by atoms with Crippen molar-refractivity contribution < 1.29 is 24.9 Å². The molecule has 1 rings (SSSR count). The molecule has 7 heteroatoms. The molecular formula is C7H15NO6. The zero-order valence-corrected chi connectivity index (χ0v) is 7.79. The van der Waals surface area contributed by atoms with Crippen LogP contribution < -0.4 is 0 Å². The van der Waals surface area contributed by atoms with Crippen molar-refractivity contribution in [3.8, 4) is 0 Å². The number of ether oxygens (including phenoxy) is 2. The number of aliphatic hydroxyl groups is 1. The number of unbranched alkanes of at least 4 members (excludes halogenated alkanes) is 1. The van der Waals surface area contributed by atoms with Gasteiger partial charge in [-0.25, -0.2) is 0 Å². The van der Waals surface area contributed by atoms with Crippen LogP contribution in [0.25, 0.3) is 0 Å². The fraction of sp³-hybridized carbons (Fsp3) is 1.00. The molecule has 1 saturated heterocycles. The standard InChI is InChI=1S/C7H14O3.HNO3/c8-4-2-1-3-7-5-9-6-10-7;2-1(3)4/h7-8H,1-6H2;(H,2,3,4). The van der Waals surface area contributed by atoms with E-state index in [1.165, 1.54) is 0 Å². The van der Waals surface area contributed by atoms with E-state index in [0.29, 0.717) is 6.79 Å². The van der Waals surface area contributed by atoms with Crippen LogP contribution in [-0.2, 0) is 9.47 Å². The van der Waals surface area contributed by atoms with Gasteiger partial charge < -0.3 is 19.8 Å². The van der Waals surface area contributed by atoms with E-state index in [-0.39, 0.29) is 12.7 Å². The largest absolute Gasteiger partial charge is 0.396 e. The van der Waals surface area contributed by atoms with E-state index in [1.54, 1.807) is 0 Å². The van der Waals surface area contributed by atoms with Gasteiger partial charge in [0.1, 0.15) is 6.79 Å². The number of rotatable bonds is 4. The molecule has 0 radical (unpaired) electrons. The summed E-state index contributed by atoms with van der Waals surface area (Å²) in [4.78, 5) is 8.36. The molecule has 2 N–H and O–H groups in total. The van der Waals surface area contributed by atoms with Crippen LogP contribution in [0.4, 0.5) is 0 Å². The minimum absolute atomic E-state index is 0.284. The van der Waals surface area contributed by atoms with Gasteiger partial charge in [-0.2, -0.15) is 0 Å². The molecule has 1 heterocycles. The van der Waals surface area contributed by atoms with E-state index in [4.69, 9.17) is 29.9 Å². The van der Waals surface area contributed by atoms with E-state index in [0.717, 1.165) is 25.9 Å². The zero-order valence-electron chi connectivity index (χ0n) is 7.79. The highest BCUT2D eigenvalue weighted by Crippen LogP contribution is 2.10. The molecule has 1 fully saturated rings. The molecule has 0 amide bonds. The fourth-order valence-corrected chi connectivity index (χ4v) is 1.02. The second-order valence-electron chi connectivity index (χ2n) is 2.73. The molecular weight excluding hydrogens is 194 g/mol. The summed E-state index contributed by atoms with van der Waals surface area (Å²) in [6, 6.07) is 0. The number of hydrogen-bond acceptors (Lipinski definition) is 5. The summed E-state index contributed by atoms with van der Waals surface area (Å²) in [6.07, 6.45) is 3.21. The lowest BCUT2D eigenvalue weighted by atomic mass is 10.2. The summed E-state index contributed by atoms with van der Waals surface area (Å²) in [5.74, 6) is 0. The highest BCUT2D eigenvalue weighted by Gasteiger charge is 2.14. The fourth-order valence-electron chi connectivity index (χ4n) is 1.02. The molecule has 0 aromatic carbocycles. The first-order valence-corrected chi connectivity index (χ1v) is 4.30. The minimum Gasteiger partial charge on any atom is -0.396 e. The van der Waals surface area contributed by atoms with Gasteiger partial charge in [0.25, 0.3) is 5.09 Å². The normalized spacial score (nSPS) is 19.9. The second-order valence-corrected chi connectivity index (χ2v) is 2.73. The third-order valence-electron chi connectivity index (χ3n) is 1.63. The van der Waals surface area contributed by atoms with Crippen LogP contribution in [0, 0.1) is 10.1 Å². The van der Waals surface area contributed by atoms with Crippen LogP contribution in [-0.4, -0.2) is 41.5 Å². The van der Waals surface area contributed by atoms with Crippen LogP contribution in [0.3, 0.4) is 0 Å². The molecule has 0 spiro atoms. The van der Waals surface area contributed by atoms with Gasteiger partial charge in [-0.1, -0.05) is 0 Å². The highest BCUT2D eigenvalue weighted by atomic mass is 16.9. The molecule has 0 aromatic rings. The van der Waals surface area contributed by atoms with Gasteiger partial charge in [-0.3, -0.25) is 0 Å². The van der Waals surface area contributed by atoms with E-state index in [1.807, 2.05) is 0 Å². The van der Waals surface area contributed by atoms with Crippen molar-refractivity contribution in [2.24, 2.45) is 0 Å². The second kappa shape index (κ2) is 8.67. The topological polar surface area (TPSA) is 102 Å². The SMILES string of the molecule is O=[N+]([O-])O.OCCCCC1COCO1. The molecule has 0 saturated carbocycles. The van der Waals surface area contributed by atoms with E-state index < -0.39 is 5.09 Å². The predicted molar refractivity (Wildman–Crippen MR) is 45.4 cm³/mol. The molecule has 1 aliphatic heterocycles. The number of aliphatic hydroxyl groups excluding tert-OH is 1. The molecule has 84 valence electrons. The first-order valence-electron chi connectivity index (χ1n) is 4.30. The Kier molecular flexibility index (Phi) is 8.10. The summed E-state index contributed by atoms with van der Waals surface area (Å²) in [7, 11) is 0. The van der Waals surface area contributed by atoms with Crippen LogP contribution in [0.2, 0.25) is 0 Å². The van der Waals surface area contributed by atoms with Crippen LogP contribution >= 0.6 is 0 Å². The van der Waals surface area contributed by atoms with E-state index >= 15 is 0 Å². The Labute approximate surface area is 81.4 Å². The maximum Gasteiger partial charge on any atom is 0.291 e. The average molecular weight is 209 g/mol. The van der Waals surface area contributed by atoms with Gasteiger partial charge in [0, 0.05) is 6.61 Å². The van der Waals surface area contributed by atoms with Gasteiger partial charge in [0.2, 0.25) is 0 Å². The van der Waals surface area contributed by atoms with Gasteiger partial charge in [-0.15, -0.1) is 10.1 Å². The lowest BCUT2D eigenvalue weighted by Crippen LogP contribution is -2.08. The maximum absolute atomic E-state index is 8.47. The third kappa shape index (κ3) is 9.17. The molecule has 1 aliphatic rings. The van der Waals surface area contributed by atoms with Crippen molar-refractivity contribution in [1.82, 2.24) is 0 Å². The summed E-state index contributed by atoms with van der Waals surface area (Å²) < 4.78 is 10.2. The van der Waals surface area contributed by atoms with Crippen molar-refractivity contribution >= 4 is 0 Å². The third-order valence-corrected chi connectivity index (χ3v) is 1.63. The van der Waals surface area contributed by atoms with Crippen LogP contribution in [0.15, 0.2) is 0 Å². The minimum atomic E-state index is -1.50. The number of nitrogens with zero attached hydrogens (tertiary/aromatic N) is 1. The Hall–Kier alpha value is -0.920. The lowest BCUT2D eigenvalue weighted by Gasteiger charge is -2.04. The first kappa shape index (κ1) is 13.1. The quantitative estimate of drug-likeness (QED) is 0.389. The van der Waals surface area contributed by atoms with Crippen molar-refractivity contribution in [3.05, 3.63) is 10.1 Å². The Morgan fingerprint density at radius 2 is 2.14 bits per heavy atom. The maximum atomic E-state index is 8.47.